The molecule has 0 unspecified atom stereocenters. The third-order valence-corrected chi connectivity index (χ3v) is 7.41. The topological polar surface area (TPSA) is 51.0 Å². The molecule has 2 aromatic carbocycles. The van der Waals surface area contributed by atoms with Crippen LogP contribution in [0.3, 0.4) is 0 Å². The first kappa shape index (κ1) is 20.4. The van der Waals surface area contributed by atoms with Crippen molar-refractivity contribution in [3.63, 3.8) is 0 Å². The number of nitrogens with zero attached hydrogens (tertiary/aromatic N) is 4. The molecule has 2 fully saturated rings. The summed E-state index contributed by atoms with van der Waals surface area (Å²) >= 11 is 6.07. The van der Waals surface area contributed by atoms with Crippen molar-refractivity contribution in [1.29, 1.82) is 0 Å². The second-order valence-corrected chi connectivity index (χ2v) is 9.56. The summed E-state index contributed by atoms with van der Waals surface area (Å²) in [7, 11) is 0. The van der Waals surface area contributed by atoms with Gasteiger partial charge in [0.05, 0.1) is 16.4 Å². The van der Waals surface area contributed by atoms with Crippen LogP contribution in [0.2, 0.25) is 5.02 Å². The van der Waals surface area contributed by atoms with E-state index in [-0.39, 0.29) is 17.4 Å². The Morgan fingerprint density at radius 1 is 0.939 bits per heavy atom. The number of likely N-dealkylation sites (tertiary alicyclic amines) is 1. The standard InChI is InChI=1S/C27H25ClN4O/c28-20-10-8-19(9-11-20)27(14-15-27)26(33)31-17-12-21(13-18-31)32-24-7-2-1-5-22(24)30-25(32)23-6-3-4-16-29-23/h1-11,16,21H,12-15,17-18H2. The summed E-state index contributed by atoms with van der Waals surface area (Å²) in [5, 5.41) is 0.707. The Balaban J connectivity index is 1.26. The minimum absolute atomic E-state index is 0.267. The average molecular weight is 457 g/mol. The molecule has 33 heavy (non-hydrogen) atoms. The van der Waals surface area contributed by atoms with Gasteiger partial charge in [0, 0.05) is 30.4 Å². The minimum Gasteiger partial charge on any atom is -0.342 e. The van der Waals surface area contributed by atoms with Gasteiger partial charge in [-0.05, 0) is 67.6 Å². The molecule has 0 radical (unpaired) electrons. The molecule has 6 heteroatoms. The fourth-order valence-electron chi connectivity index (χ4n) is 5.24. The number of rotatable bonds is 4. The maximum atomic E-state index is 13.5. The number of piperidine rings is 1. The van der Waals surface area contributed by atoms with Crippen LogP contribution < -0.4 is 0 Å². The molecule has 6 rings (SSSR count). The lowest BCUT2D eigenvalue weighted by Crippen LogP contribution is -2.44. The monoisotopic (exact) mass is 456 g/mol. The zero-order valence-electron chi connectivity index (χ0n) is 18.3. The number of amides is 1. The Morgan fingerprint density at radius 3 is 2.36 bits per heavy atom. The van der Waals surface area contributed by atoms with Gasteiger partial charge in [-0.15, -0.1) is 0 Å². The van der Waals surface area contributed by atoms with Crippen LogP contribution in [-0.2, 0) is 10.2 Å². The van der Waals surface area contributed by atoms with Gasteiger partial charge in [-0.2, -0.15) is 0 Å². The third kappa shape index (κ3) is 3.51. The molecule has 4 aromatic rings. The van der Waals surface area contributed by atoms with Gasteiger partial charge in [-0.3, -0.25) is 9.78 Å². The number of benzene rings is 2. The molecule has 1 aliphatic carbocycles. The Labute approximate surface area is 198 Å². The maximum absolute atomic E-state index is 13.5. The van der Waals surface area contributed by atoms with E-state index in [9.17, 15) is 4.79 Å². The lowest BCUT2D eigenvalue weighted by Gasteiger charge is -2.35. The van der Waals surface area contributed by atoms with Crippen molar-refractivity contribution in [2.45, 2.75) is 37.1 Å². The molecule has 0 atom stereocenters. The summed E-state index contributed by atoms with van der Waals surface area (Å²) in [5.41, 5.74) is 3.74. The molecule has 1 amide bonds. The van der Waals surface area contributed by atoms with E-state index >= 15 is 0 Å². The van der Waals surface area contributed by atoms with Gasteiger partial charge in [0.25, 0.3) is 0 Å². The predicted molar refractivity (Wildman–Crippen MR) is 130 cm³/mol. The zero-order valence-corrected chi connectivity index (χ0v) is 19.1. The third-order valence-electron chi connectivity index (χ3n) is 7.16. The summed E-state index contributed by atoms with van der Waals surface area (Å²) < 4.78 is 2.34. The number of hydrogen-bond donors (Lipinski definition) is 0. The molecule has 1 saturated heterocycles. The van der Waals surface area contributed by atoms with Crippen molar-refractivity contribution in [2.75, 3.05) is 13.1 Å². The summed E-state index contributed by atoms with van der Waals surface area (Å²) in [6.45, 7) is 1.51. The summed E-state index contributed by atoms with van der Waals surface area (Å²) in [6, 6.07) is 22.3. The van der Waals surface area contributed by atoms with Gasteiger partial charge in [0.2, 0.25) is 5.91 Å². The first-order valence-corrected chi connectivity index (χ1v) is 12.0. The second kappa shape index (κ2) is 7.99. The Kier molecular flexibility index (Phi) is 4.95. The number of para-hydroxylation sites is 2. The normalized spacial score (nSPS) is 17.9. The minimum atomic E-state index is -0.349. The van der Waals surface area contributed by atoms with Gasteiger partial charge in [-0.1, -0.05) is 41.9 Å². The fourth-order valence-corrected chi connectivity index (χ4v) is 5.37. The number of hydrogen-bond acceptors (Lipinski definition) is 3. The lowest BCUT2D eigenvalue weighted by atomic mass is 9.93. The van der Waals surface area contributed by atoms with Crippen LogP contribution >= 0.6 is 11.6 Å². The largest absolute Gasteiger partial charge is 0.342 e. The fraction of sp³-hybridized carbons (Fsp3) is 0.296. The van der Waals surface area contributed by atoms with Crippen molar-refractivity contribution >= 4 is 28.5 Å². The predicted octanol–water partition coefficient (Wildman–Crippen LogP) is 5.65. The van der Waals surface area contributed by atoms with Crippen molar-refractivity contribution in [3.8, 4) is 11.5 Å². The van der Waals surface area contributed by atoms with E-state index in [2.05, 4.69) is 32.7 Å². The smallest absolute Gasteiger partial charge is 0.233 e. The average Bonchev–Trinajstić information content (AvgIpc) is 3.59. The highest BCUT2D eigenvalue weighted by Gasteiger charge is 2.53. The molecule has 0 N–H and O–H groups in total. The number of fused-ring (bicyclic) bond motifs is 1. The number of halogens is 1. The van der Waals surface area contributed by atoms with Crippen molar-refractivity contribution < 1.29 is 4.79 Å². The summed E-state index contributed by atoms with van der Waals surface area (Å²) in [5.74, 6) is 1.17. The first-order valence-electron chi connectivity index (χ1n) is 11.6. The van der Waals surface area contributed by atoms with Gasteiger partial charge < -0.3 is 9.47 Å². The zero-order chi connectivity index (χ0) is 22.4. The Bertz CT molecular complexity index is 1300. The molecule has 3 heterocycles. The number of carbonyl (C=O) groups is 1. The van der Waals surface area contributed by atoms with Crippen LogP contribution in [-0.4, -0.2) is 38.4 Å². The molecular weight excluding hydrogens is 432 g/mol. The van der Waals surface area contributed by atoms with Crippen LogP contribution in [0.5, 0.6) is 0 Å². The maximum Gasteiger partial charge on any atom is 0.233 e. The highest BCUT2D eigenvalue weighted by Crippen LogP contribution is 2.50. The van der Waals surface area contributed by atoms with E-state index < -0.39 is 0 Å². The summed E-state index contributed by atoms with van der Waals surface area (Å²) in [4.78, 5) is 25.1. The molecule has 2 aliphatic rings. The van der Waals surface area contributed by atoms with Crippen molar-refractivity contribution in [1.82, 2.24) is 19.4 Å². The van der Waals surface area contributed by atoms with Crippen LogP contribution in [0, 0.1) is 0 Å². The number of aromatic nitrogens is 3. The molecule has 0 spiro atoms. The molecule has 2 aromatic heterocycles. The molecule has 1 saturated carbocycles. The Hall–Kier alpha value is -3.18. The number of imidazole rings is 1. The van der Waals surface area contributed by atoms with E-state index in [1.54, 1.807) is 0 Å². The van der Waals surface area contributed by atoms with E-state index in [0.29, 0.717) is 5.02 Å². The SMILES string of the molecule is O=C(N1CCC(n2c(-c3ccccn3)nc3ccccc32)CC1)C1(c2ccc(Cl)cc2)CC1. The van der Waals surface area contributed by atoms with Gasteiger partial charge in [-0.25, -0.2) is 4.98 Å². The van der Waals surface area contributed by atoms with Gasteiger partial charge in [0.1, 0.15) is 5.69 Å². The van der Waals surface area contributed by atoms with E-state index in [1.807, 2.05) is 54.7 Å². The van der Waals surface area contributed by atoms with Crippen molar-refractivity contribution in [3.05, 3.63) is 83.5 Å². The van der Waals surface area contributed by atoms with E-state index in [1.165, 1.54) is 0 Å². The van der Waals surface area contributed by atoms with Crippen molar-refractivity contribution in [2.24, 2.45) is 0 Å². The second-order valence-electron chi connectivity index (χ2n) is 9.12. The van der Waals surface area contributed by atoms with E-state index in [0.717, 1.165) is 66.9 Å². The van der Waals surface area contributed by atoms with Crippen LogP contribution in [0.4, 0.5) is 0 Å². The number of pyridine rings is 1. The van der Waals surface area contributed by atoms with E-state index in [4.69, 9.17) is 16.6 Å². The highest BCUT2D eigenvalue weighted by atomic mass is 35.5. The molecule has 0 bridgehead atoms. The molecule has 5 nitrogen and oxygen atoms in total. The van der Waals surface area contributed by atoms with Crippen LogP contribution in [0.15, 0.2) is 72.9 Å². The Morgan fingerprint density at radius 2 is 1.67 bits per heavy atom. The summed E-state index contributed by atoms with van der Waals surface area (Å²) in [6.07, 6.45) is 5.46. The highest BCUT2D eigenvalue weighted by molar-refractivity contribution is 6.30. The molecule has 1 aliphatic heterocycles. The number of carbonyl (C=O) groups excluding carboxylic acids is 1. The quantitative estimate of drug-likeness (QED) is 0.399. The van der Waals surface area contributed by atoms with Crippen LogP contribution in [0.1, 0.15) is 37.3 Å². The lowest BCUT2D eigenvalue weighted by molar-refractivity contribution is -0.135. The van der Waals surface area contributed by atoms with Gasteiger partial charge in [0.15, 0.2) is 5.82 Å². The molecule has 166 valence electrons. The first-order chi connectivity index (χ1) is 16.2. The van der Waals surface area contributed by atoms with Crippen LogP contribution in [0.25, 0.3) is 22.6 Å². The van der Waals surface area contributed by atoms with Gasteiger partial charge >= 0.3 is 0 Å². The molecular formula is C27H25ClN4O.